The third kappa shape index (κ3) is 11.3. The molecule has 0 aliphatic heterocycles. The molecule has 13 heavy (non-hydrogen) atoms. The van der Waals surface area contributed by atoms with E-state index >= 15 is 0 Å². The molecule has 0 amide bonds. The Bertz CT molecular complexity index is 144. The van der Waals surface area contributed by atoms with Crippen LogP contribution in [0.5, 0.6) is 0 Å². The van der Waals surface area contributed by atoms with Gasteiger partial charge in [0.05, 0.1) is 0 Å². The third-order valence-corrected chi connectivity index (χ3v) is 1.11. The molecule has 72 valence electrons. The number of hydrogen-bond acceptors (Lipinski definition) is 0. The van der Waals surface area contributed by atoms with Gasteiger partial charge in [-0.15, -0.1) is 0 Å². The summed E-state index contributed by atoms with van der Waals surface area (Å²) >= 11 is 0. The molecule has 0 N–H and O–H groups in total. The maximum absolute atomic E-state index is 2.00. The predicted molar refractivity (Wildman–Crippen MR) is 56.9 cm³/mol. The minimum absolute atomic E-state index is 0. The molecule has 0 aromatic heterocycles. The maximum atomic E-state index is 2.00. The van der Waals surface area contributed by atoms with E-state index in [-0.39, 0.29) is 34.3 Å². The molecular weight excluding hydrogens is 245 g/mol. The molecule has 0 saturated carbocycles. The van der Waals surface area contributed by atoms with E-state index in [1.165, 1.54) is 0 Å². The van der Waals surface area contributed by atoms with Gasteiger partial charge in [0, 0.05) is 0 Å². The zero-order valence-electron chi connectivity index (χ0n) is 8.13. The first-order chi connectivity index (χ1) is 5.00. The second-order valence-electron chi connectivity index (χ2n) is 1.92. The van der Waals surface area contributed by atoms with E-state index < -0.39 is 0 Å². The molecular formula is C12H16Ru. The summed E-state index contributed by atoms with van der Waals surface area (Å²) in [6.07, 6.45) is 0. The van der Waals surface area contributed by atoms with Gasteiger partial charge in [-0.05, 0) is 0 Å². The van der Waals surface area contributed by atoms with Crippen LogP contribution in [0.1, 0.15) is 0 Å². The van der Waals surface area contributed by atoms with Crippen molar-refractivity contribution < 1.29 is 19.5 Å². The summed E-state index contributed by atoms with van der Waals surface area (Å²) in [7, 11) is 0. The van der Waals surface area contributed by atoms with E-state index in [9.17, 15) is 0 Å². The molecule has 0 saturated heterocycles. The average Bonchev–Trinajstić information content (AvgIpc) is 2.67. The molecule has 0 bridgehead atoms. The Labute approximate surface area is 95.1 Å². The van der Waals surface area contributed by atoms with Crippen LogP contribution in [0.2, 0.25) is 0 Å². The van der Waals surface area contributed by atoms with E-state index in [1.54, 1.807) is 0 Å². The van der Waals surface area contributed by atoms with Crippen LogP contribution in [0.25, 0.3) is 0 Å². The molecule has 0 atom stereocenters. The van der Waals surface area contributed by atoms with Gasteiger partial charge in [-0.3, -0.25) is 0 Å². The number of hydrogen-bond donors (Lipinski definition) is 0. The van der Waals surface area contributed by atoms with Crippen molar-refractivity contribution >= 4 is 0 Å². The minimum atomic E-state index is 0. The molecule has 0 unspecified atom stereocenters. The largest absolute Gasteiger partial charge is 4.00 e. The fourth-order valence-corrected chi connectivity index (χ4v) is 0.642. The van der Waals surface area contributed by atoms with Crippen LogP contribution in [0.15, 0.2) is 60.7 Å². The molecule has 0 nitrogen and oxygen atoms in total. The van der Waals surface area contributed by atoms with Gasteiger partial charge >= 0.3 is 19.5 Å². The van der Waals surface area contributed by atoms with Gasteiger partial charge in [-0.2, -0.15) is 36.4 Å². The Kier molecular flexibility index (Phi) is 19.4. The molecule has 2 rings (SSSR count). The summed E-state index contributed by atoms with van der Waals surface area (Å²) in [6.45, 7) is 0. The van der Waals surface area contributed by atoms with Crippen molar-refractivity contribution in [2.45, 2.75) is 0 Å². The molecule has 0 fully saturated rings. The SMILES string of the molecule is [CH3-].[CH3-].[Ru+4].c1cc[cH-]c1.c1cc[cH-]c1. The standard InChI is InChI=1S/2C5H5.2CH3.Ru/c2*1-2-4-5-3-1;;;/h2*1-5H;2*1H3;/q4*-1;+4. The summed E-state index contributed by atoms with van der Waals surface area (Å²) in [5, 5.41) is 0. The number of rotatable bonds is 0. The Hall–Kier alpha value is -0.677. The minimum Gasteiger partial charge on any atom is -0.358 e. The van der Waals surface area contributed by atoms with E-state index in [1.807, 2.05) is 60.7 Å². The average molecular weight is 261 g/mol. The zero-order chi connectivity index (χ0) is 7.07. The Morgan fingerprint density at radius 3 is 0.846 bits per heavy atom. The van der Waals surface area contributed by atoms with Crippen LogP contribution >= 0.6 is 0 Å². The first kappa shape index (κ1) is 18.2. The van der Waals surface area contributed by atoms with Crippen LogP contribution < -0.4 is 0 Å². The second kappa shape index (κ2) is 13.9. The van der Waals surface area contributed by atoms with E-state index in [4.69, 9.17) is 0 Å². The monoisotopic (exact) mass is 262 g/mol. The predicted octanol–water partition coefficient (Wildman–Crippen LogP) is 3.71. The second-order valence-corrected chi connectivity index (χ2v) is 1.92. The molecule has 0 heterocycles. The maximum Gasteiger partial charge on any atom is 4.00 e. The molecule has 2 aromatic rings. The van der Waals surface area contributed by atoms with Gasteiger partial charge in [0.25, 0.3) is 0 Å². The Morgan fingerprint density at radius 1 is 0.538 bits per heavy atom. The van der Waals surface area contributed by atoms with Crippen LogP contribution in [-0.2, 0) is 19.5 Å². The molecule has 0 aliphatic rings. The van der Waals surface area contributed by atoms with Crippen molar-refractivity contribution in [2.24, 2.45) is 0 Å². The normalized spacial score (nSPS) is 6.15. The van der Waals surface area contributed by atoms with Gasteiger partial charge < -0.3 is 14.9 Å². The third-order valence-electron chi connectivity index (χ3n) is 1.11. The van der Waals surface area contributed by atoms with Gasteiger partial charge in [-0.25, -0.2) is 24.3 Å². The molecule has 0 radical (unpaired) electrons. The Morgan fingerprint density at radius 2 is 0.769 bits per heavy atom. The smallest absolute Gasteiger partial charge is 0.358 e. The molecule has 0 aliphatic carbocycles. The summed E-state index contributed by atoms with van der Waals surface area (Å²) in [6, 6.07) is 20.0. The van der Waals surface area contributed by atoms with Crippen molar-refractivity contribution in [2.75, 3.05) is 0 Å². The van der Waals surface area contributed by atoms with E-state index in [0.717, 1.165) is 0 Å². The fourth-order valence-electron chi connectivity index (χ4n) is 0.642. The van der Waals surface area contributed by atoms with Crippen molar-refractivity contribution in [3.63, 3.8) is 0 Å². The Balaban J connectivity index is -0.000000125. The quantitative estimate of drug-likeness (QED) is 0.501. The van der Waals surface area contributed by atoms with Crippen LogP contribution in [0, 0.1) is 14.9 Å². The van der Waals surface area contributed by atoms with Crippen LogP contribution in [0.3, 0.4) is 0 Å². The van der Waals surface area contributed by atoms with Crippen molar-refractivity contribution in [3.05, 3.63) is 75.5 Å². The summed E-state index contributed by atoms with van der Waals surface area (Å²) in [5.41, 5.74) is 0. The fraction of sp³-hybridized carbons (Fsp3) is 0. The summed E-state index contributed by atoms with van der Waals surface area (Å²) < 4.78 is 0. The molecule has 0 spiro atoms. The van der Waals surface area contributed by atoms with E-state index in [2.05, 4.69) is 0 Å². The van der Waals surface area contributed by atoms with Crippen molar-refractivity contribution in [1.82, 2.24) is 0 Å². The van der Waals surface area contributed by atoms with Gasteiger partial charge in [-0.1, -0.05) is 0 Å². The van der Waals surface area contributed by atoms with Crippen molar-refractivity contribution in [1.29, 1.82) is 0 Å². The van der Waals surface area contributed by atoms with Crippen molar-refractivity contribution in [3.8, 4) is 0 Å². The van der Waals surface area contributed by atoms with Gasteiger partial charge in [0.15, 0.2) is 0 Å². The topological polar surface area (TPSA) is 0 Å². The van der Waals surface area contributed by atoms with E-state index in [0.29, 0.717) is 0 Å². The van der Waals surface area contributed by atoms with Gasteiger partial charge in [0.1, 0.15) is 0 Å². The molecule has 1 heteroatoms. The zero-order valence-corrected chi connectivity index (χ0v) is 9.87. The summed E-state index contributed by atoms with van der Waals surface area (Å²) in [5.74, 6) is 0. The first-order valence-corrected chi connectivity index (χ1v) is 3.33. The van der Waals surface area contributed by atoms with Crippen LogP contribution in [-0.4, -0.2) is 0 Å². The first-order valence-electron chi connectivity index (χ1n) is 3.33. The van der Waals surface area contributed by atoms with Crippen LogP contribution in [0.4, 0.5) is 0 Å². The summed E-state index contributed by atoms with van der Waals surface area (Å²) in [4.78, 5) is 0. The van der Waals surface area contributed by atoms with Gasteiger partial charge in [0.2, 0.25) is 0 Å². The molecule has 2 aromatic carbocycles.